The lowest BCUT2D eigenvalue weighted by Gasteiger charge is -2.10. The molecule has 1 aromatic rings. The number of pyridine rings is 1. The number of nitrogens with zero attached hydrogens (tertiary/aromatic N) is 1. The summed E-state index contributed by atoms with van der Waals surface area (Å²) in [5.74, 6) is -0.158. The van der Waals surface area contributed by atoms with Gasteiger partial charge in [-0.2, -0.15) is 0 Å². The fourth-order valence-electron chi connectivity index (χ4n) is 0.925. The second-order valence-electron chi connectivity index (χ2n) is 3.15. The number of aliphatic hydroxyl groups is 1. The van der Waals surface area contributed by atoms with Crippen LogP contribution in [-0.2, 0) is 0 Å². The number of nitrogen functional groups attached to an aromatic ring is 1. The highest BCUT2D eigenvalue weighted by molar-refractivity contribution is 6.33. The molecule has 1 rings (SSSR count). The van der Waals surface area contributed by atoms with E-state index >= 15 is 0 Å². The maximum atomic E-state index is 11.5. The standard InChI is InChI=1S/C9H12ClN3O2/c1-5(4-14)13-9(15)6-2-7(10)8(11)12-3-6/h2-3,5,14H,4H2,1H3,(H2,11,12)(H,13,15). The van der Waals surface area contributed by atoms with Gasteiger partial charge in [0, 0.05) is 12.2 Å². The van der Waals surface area contributed by atoms with E-state index in [0.717, 1.165) is 0 Å². The fourth-order valence-corrected chi connectivity index (χ4v) is 1.09. The lowest BCUT2D eigenvalue weighted by molar-refractivity contribution is 0.0922. The summed E-state index contributed by atoms with van der Waals surface area (Å²) >= 11 is 5.71. The largest absolute Gasteiger partial charge is 0.394 e. The molecule has 1 atom stereocenters. The number of amides is 1. The van der Waals surface area contributed by atoms with Gasteiger partial charge in [-0.3, -0.25) is 4.79 Å². The molecule has 0 spiro atoms. The van der Waals surface area contributed by atoms with Crippen LogP contribution in [0.2, 0.25) is 5.02 Å². The van der Waals surface area contributed by atoms with Crippen molar-refractivity contribution in [3.63, 3.8) is 0 Å². The van der Waals surface area contributed by atoms with Crippen molar-refractivity contribution in [2.24, 2.45) is 0 Å². The molecular weight excluding hydrogens is 218 g/mol. The van der Waals surface area contributed by atoms with Crippen LogP contribution >= 0.6 is 11.6 Å². The third kappa shape index (κ3) is 3.07. The molecule has 0 bridgehead atoms. The highest BCUT2D eigenvalue weighted by Crippen LogP contribution is 2.16. The first kappa shape index (κ1) is 11.7. The van der Waals surface area contributed by atoms with Gasteiger partial charge >= 0.3 is 0 Å². The Kier molecular flexibility index (Phi) is 3.88. The molecule has 1 heterocycles. The predicted molar refractivity (Wildman–Crippen MR) is 57.7 cm³/mol. The molecule has 4 N–H and O–H groups in total. The van der Waals surface area contributed by atoms with Crippen molar-refractivity contribution in [3.8, 4) is 0 Å². The summed E-state index contributed by atoms with van der Waals surface area (Å²) in [6.07, 6.45) is 1.33. The molecule has 1 amide bonds. The Balaban J connectivity index is 2.78. The number of nitrogens with two attached hydrogens (primary N) is 1. The number of hydrogen-bond donors (Lipinski definition) is 3. The van der Waals surface area contributed by atoms with E-state index in [1.807, 2.05) is 0 Å². The van der Waals surface area contributed by atoms with Crippen LogP contribution in [0.1, 0.15) is 17.3 Å². The molecule has 15 heavy (non-hydrogen) atoms. The summed E-state index contributed by atoms with van der Waals surface area (Å²) in [5.41, 5.74) is 5.72. The average Bonchev–Trinajstić information content (AvgIpc) is 2.21. The van der Waals surface area contributed by atoms with Gasteiger partial charge in [-0.15, -0.1) is 0 Å². The Labute approximate surface area is 92.3 Å². The zero-order valence-corrected chi connectivity index (χ0v) is 8.95. The first-order chi connectivity index (χ1) is 7.04. The highest BCUT2D eigenvalue weighted by Gasteiger charge is 2.10. The molecular formula is C9H12ClN3O2. The maximum absolute atomic E-state index is 11.5. The topological polar surface area (TPSA) is 88.2 Å². The quantitative estimate of drug-likeness (QED) is 0.701. The average molecular weight is 230 g/mol. The fraction of sp³-hybridized carbons (Fsp3) is 0.333. The van der Waals surface area contributed by atoms with Gasteiger partial charge in [0.1, 0.15) is 5.82 Å². The number of aliphatic hydroxyl groups excluding tert-OH is 1. The van der Waals surface area contributed by atoms with E-state index in [-0.39, 0.29) is 29.4 Å². The van der Waals surface area contributed by atoms with E-state index in [0.29, 0.717) is 5.56 Å². The van der Waals surface area contributed by atoms with Crippen molar-refractivity contribution in [1.82, 2.24) is 10.3 Å². The van der Waals surface area contributed by atoms with Gasteiger partial charge in [-0.1, -0.05) is 11.6 Å². The molecule has 0 aliphatic heterocycles. The highest BCUT2D eigenvalue weighted by atomic mass is 35.5. The Bertz CT molecular complexity index is 370. The van der Waals surface area contributed by atoms with E-state index in [2.05, 4.69) is 10.3 Å². The van der Waals surface area contributed by atoms with Crippen LogP contribution in [0.15, 0.2) is 12.3 Å². The van der Waals surface area contributed by atoms with Crippen molar-refractivity contribution in [2.45, 2.75) is 13.0 Å². The number of aromatic nitrogens is 1. The number of carbonyl (C=O) groups is 1. The summed E-state index contributed by atoms with van der Waals surface area (Å²) in [5, 5.41) is 11.6. The van der Waals surface area contributed by atoms with E-state index in [1.165, 1.54) is 12.3 Å². The Hall–Kier alpha value is -1.33. The van der Waals surface area contributed by atoms with E-state index in [9.17, 15) is 4.79 Å². The molecule has 0 saturated carbocycles. The first-order valence-corrected chi connectivity index (χ1v) is 4.75. The van der Waals surface area contributed by atoms with E-state index < -0.39 is 0 Å². The van der Waals surface area contributed by atoms with Crippen molar-refractivity contribution in [2.75, 3.05) is 12.3 Å². The normalized spacial score (nSPS) is 12.2. The maximum Gasteiger partial charge on any atom is 0.253 e. The molecule has 0 aliphatic rings. The first-order valence-electron chi connectivity index (χ1n) is 4.37. The molecule has 6 heteroatoms. The van der Waals surface area contributed by atoms with Gasteiger partial charge in [-0.25, -0.2) is 4.98 Å². The number of anilines is 1. The molecule has 0 aromatic carbocycles. The summed E-state index contributed by atoms with van der Waals surface area (Å²) in [6.45, 7) is 1.56. The molecule has 1 aromatic heterocycles. The zero-order chi connectivity index (χ0) is 11.4. The van der Waals surface area contributed by atoms with Crippen molar-refractivity contribution >= 4 is 23.3 Å². The number of rotatable bonds is 3. The van der Waals surface area contributed by atoms with Gasteiger partial charge < -0.3 is 16.2 Å². The van der Waals surface area contributed by atoms with Gasteiger partial charge in [0.25, 0.3) is 5.91 Å². The Morgan fingerprint density at radius 1 is 1.80 bits per heavy atom. The van der Waals surface area contributed by atoms with Crippen molar-refractivity contribution < 1.29 is 9.90 Å². The van der Waals surface area contributed by atoms with Crippen LogP contribution in [0.4, 0.5) is 5.82 Å². The van der Waals surface area contributed by atoms with Crippen LogP contribution in [-0.4, -0.2) is 28.6 Å². The molecule has 82 valence electrons. The van der Waals surface area contributed by atoms with Crippen LogP contribution in [0.3, 0.4) is 0 Å². The second kappa shape index (κ2) is 4.95. The van der Waals surface area contributed by atoms with Crippen LogP contribution in [0.5, 0.6) is 0 Å². The van der Waals surface area contributed by atoms with Crippen LogP contribution in [0.25, 0.3) is 0 Å². The number of carbonyl (C=O) groups excluding carboxylic acids is 1. The lowest BCUT2D eigenvalue weighted by Crippen LogP contribution is -2.35. The molecule has 5 nitrogen and oxygen atoms in total. The zero-order valence-electron chi connectivity index (χ0n) is 8.20. The van der Waals surface area contributed by atoms with Gasteiger partial charge in [0.05, 0.1) is 17.2 Å². The van der Waals surface area contributed by atoms with E-state index in [1.54, 1.807) is 6.92 Å². The minimum Gasteiger partial charge on any atom is -0.394 e. The second-order valence-corrected chi connectivity index (χ2v) is 3.56. The smallest absolute Gasteiger partial charge is 0.253 e. The lowest BCUT2D eigenvalue weighted by atomic mass is 10.2. The molecule has 0 aliphatic carbocycles. The summed E-state index contributed by atoms with van der Waals surface area (Å²) in [4.78, 5) is 15.3. The number of nitrogens with one attached hydrogen (secondary N) is 1. The molecule has 0 fully saturated rings. The third-order valence-corrected chi connectivity index (χ3v) is 2.09. The predicted octanol–water partition coefficient (Wildman–Crippen LogP) is 0.428. The monoisotopic (exact) mass is 229 g/mol. The van der Waals surface area contributed by atoms with Crippen LogP contribution in [0, 0.1) is 0 Å². The summed E-state index contributed by atoms with van der Waals surface area (Å²) < 4.78 is 0. The summed E-state index contributed by atoms with van der Waals surface area (Å²) in [7, 11) is 0. The molecule has 0 radical (unpaired) electrons. The number of halogens is 1. The van der Waals surface area contributed by atoms with Crippen LogP contribution < -0.4 is 11.1 Å². The minimum atomic E-state index is -0.342. The Morgan fingerprint density at radius 2 is 2.47 bits per heavy atom. The van der Waals surface area contributed by atoms with Gasteiger partial charge in [0.2, 0.25) is 0 Å². The Morgan fingerprint density at radius 3 is 3.00 bits per heavy atom. The minimum absolute atomic E-state index is 0.123. The van der Waals surface area contributed by atoms with Crippen molar-refractivity contribution in [1.29, 1.82) is 0 Å². The summed E-state index contributed by atoms with van der Waals surface area (Å²) in [6, 6.07) is 1.12. The number of hydrogen-bond acceptors (Lipinski definition) is 4. The SMILES string of the molecule is CC(CO)NC(=O)c1cnc(N)c(Cl)c1. The van der Waals surface area contributed by atoms with E-state index in [4.69, 9.17) is 22.4 Å². The van der Waals surface area contributed by atoms with Crippen molar-refractivity contribution in [3.05, 3.63) is 22.8 Å². The molecule has 0 saturated heterocycles. The third-order valence-electron chi connectivity index (χ3n) is 1.78. The van der Waals surface area contributed by atoms with Gasteiger partial charge in [-0.05, 0) is 13.0 Å². The molecule has 1 unspecified atom stereocenters. The van der Waals surface area contributed by atoms with Gasteiger partial charge in [0.15, 0.2) is 0 Å².